The number of esters is 1. The number of Topliss-reactive ketones (excluding diaryl/α,β-unsaturated/α-hetero) is 2. The maximum atomic E-state index is 14.4. The van der Waals surface area contributed by atoms with Crippen molar-refractivity contribution in [2.45, 2.75) is 186 Å². The zero-order chi connectivity index (χ0) is 47.3. The van der Waals surface area contributed by atoms with Crippen LogP contribution in [0.2, 0.25) is 0 Å². The Morgan fingerprint density at radius 1 is 0.859 bits per heavy atom. The summed E-state index contributed by atoms with van der Waals surface area (Å²) < 4.78 is 23.9. The Morgan fingerprint density at radius 3 is 2.28 bits per heavy atom. The fraction of sp³-hybridized carbons (Fsp3) is 0.765. The summed E-state index contributed by atoms with van der Waals surface area (Å²) >= 11 is 0. The van der Waals surface area contributed by atoms with Gasteiger partial charge in [0.15, 0.2) is 5.78 Å². The van der Waals surface area contributed by atoms with Crippen LogP contribution in [-0.4, -0.2) is 126 Å². The minimum atomic E-state index is -2.35. The number of methoxy groups -OCH3 is 2. The summed E-state index contributed by atoms with van der Waals surface area (Å²) in [7, 11) is 4.90. The number of carbonyl (C=O) groups is 4. The summed E-state index contributed by atoms with van der Waals surface area (Å²) in [6.45, 7) is 13.7. The van der Waals surface area contributed by atoms with E-state index in [0.29, 0.717) is 76.2 Å². The number of allylic oxidation sites excluding steroid dienone is 6. The average molecular weight is 899 g/mol. The Bertz CT molecular complexity index is 1680. The lowest BCUT2D eigenvalue weighted by molar-refractivity contribution is -0.264. The molecule has 0 aromatic heterocycles. The number of aliphatic hydroxyl groups excluding tert-OH is 2. The number of rotatable bonds is 6. The Balaban J connectivity index is 1.67. The number of hydrogen-bond donors (Lipinski definition) is 4. The fourth-order valence-corrected chi connectivity index (χ4v) is 10.4. The van der Waals surface area contributed by atoms with Gasteiger partial charge in [0.25, 0.3) is 11.7 Å². The molecule has 15 atom stereocenters. The van der Waals surface area contributed by atoms with Crippen LogP contribution in [0, 0.1) is 35.5 Å². The van der Waals surface area contributed by atoms with Crippen LogP contribution >= 0.6 is 0 Å². The van der Waals surface area contributed by atoms with E-state index in [4.69, 9.17) is 18.9 Å². The van der Waals surface area contributed by atoms with E-state index in [1.807, 2.05) is 64.3 Å². The Hall–Kier alpha value is -3.04. The second kappa shape index (κ2) is 25.2. The van der Waals surface area contributed by atoms with Crippen LogP contribution in [0.4, 0.5) is 0 Å². The second-order valence-corrected chi connectivity index (χ2v) is 19.8. The summed E-state index contributed by atoms with van der Waals surface area (Å²) in [6, 6.07) is -1.15. The molecule has 2 saturated heterocycles. The lowest BCUT2D eigenvalue weighted by Crippen LogP contribution is -2.61. The van der Waals surface area contributed by atoms with E-state index < -0.39 is 65.9 Å². The van der Waals surface area contributed by atoms with Crippen molar-refractivity contribution in [2.75, 3.05) is 27.8 Å². The number of hydrogen-bond acceptors (Lipinski definition) is 12. The van der Waals surface area contributed by atoms with Crippen LogP contribution in [0.5, 0.6) is 0 Å². The zero-order valence-electron chi connectivity index (χ0n) is 40.5. The first kappa shape index (κ1) is 53.6. The van der Waals surface area contributed by atoms with Crippen LogP contribution < -0.4 is 5.32 Å². The molecule has 0 spiro atoms. The van der Waals surface area contributed by atoms with Gasteiger partial charge >= 0.3 is 5.97 Å². The molecule has 362 valence electrons. The highest BCUT2D eigenvalue weighted by molar-refractivity contribution is 6.39. The van der Waals surface area contributed by atoms with E-state index in [-0.39, 0.29) is 54.1 Å². The number of piperidine rings is 1. The highest BCUT2D eigenvalue weighted by Crippen LogP contribution is 2.37. The van der Waals surface area contributed by atoms with Crippen LogP contribution in [0.3, 0.4) is 0 Å². The molecule has 3 heterocycles. The number of fused-ring (bicyclic) bond motifs is 3. The molecule has 0 aromatic carbocycles. The normalized spacial score (nSPS) is 40.8. The molecule has 0 unspecified atom stereocenters. The standard InChI is InChI=1S/C51H82N2O11/c1-31-16-12-11-13-17-33(3)40(52-8)30-39-22-20-37(7)51(60,64-39)48(57)49(58)53-25-15-14-18-41(53)50(59)63-43(34(4)28-38-21-23-42(54)44(29-38)61-9)24-19-32(2)27-36(6)46(56)47(62-10)45(55)35(5)26-31/h11-13,16-17,27,31-32,34-35,37-44,46-47,52,54,56,60H,14-15,18-26,28-30H2,1-10H3/b13-11+,16-12+,33-17+,36-27+/t31-,32+,34-,35-,37-,38+,39+,40-,41+,42-,43+,44-,46-,47+,51-/m1/s1. The molecular formula is C51H82N2O11. The Morgan fingerprint density at radius 2 is 1.59 bits per heavy atom. The molecule has 3 aliphatic heterocycles. The lowest BCUT2D eigenvalue weighted by Gasteiger charge is -2.43. The Kier molecular flexibility index (Phi) is 21.1. The van der Waals surface area contributed by atoms with Gasteiger partial charge in [-0.3, -0.25) is 14.4 Å². The molecule has 13 nitrogen and oxygen atoms in total. The van der Waals surface area contributed by atoms with Gasteiger partial charge in [-0.05, 0) is 134 Å². The lowest BCUT2D eigenvalue weighted by atomic mass is 9.78. The molecule has 4 rings (SSSR count). The van der Waals surface area contributed by atoms with Crippen molar-refractivity contribution in [3.63, 3.8) is 0 Å². The van der Waals surface area contributed by atoms with Gasteiger partial charge in [0.05, 0.1) is 18.3 Å². The number of nitrogens with one attached hydrogen (secondary N) is 1. The molecule has 13 heteroatoms. The second-order valence-electron chi connectivity index (χ2n) is 19.8. The number of amides is 1. The molecule has 1 amide bonds. The van der Waals surface area contributed by atoms with Gasteiger partial charge < -0.3 is 44.5 Å². The van der Waals surface area contributed by atoms with Crippen molar-refractivity contribution in [1.82, 2.24) is 10.2 Å². The summed E-state index contributed by atoms with van der Waals surface area (Å²) in [5, 5.41) is 37.2. The van der Waals surface area contributed by atoms with Crippen LogP contribution in [0.25, 0.3) is 0 Å². The molecular weight excluding hydrogens is 817 g/mol. The van der Waals surface area contributed by atoms with Crippen LogP contribution in [-0.2, 0) is 38.1 Å². The third kappa shape index (κ3) is 14.2. The molecule has 2 bridgehead atoms. The maximum Gasteiger partial charge on any atom is 0.329 e. The number of likely N-dealkylation sites (N-methyl/N-ethyl adjacent to an activating group) is 1. The van der Waals surface area contributed by atoms with Gasteiger partial charge in [0, 0.05) is 38.6 Å². The number of cyclic esters (lactones) is 1. The predicted molar refractivity (Wildman–Crippen MR) is 247 cm³/mol. The molecule has 0 radical (unpaired) electrons. The van der Waals surface area contributed by atoms with Gasteiger partial charge in [-0.15, -0.1) is 0 Å². The van der Waals surface area contributed by atoms with Crippen LogP contribution in [0.15, 0.2) is 47.6 Å². The molecule has 3 fully saturated rings. The number of ketones is 2. The average Bonchev–Trinajstić information content (AvgIpc) is 3.27. The molecule has 4 N–H and O–H groups in total. The fourth-order valence-electron chi connectivity index (χ4n) is 10.4. The summed E-state index contributed by atoms with van der Waals surface area (Å²) in [6.07, 6.45) is 15.4. The summed E-state index contributed by atoms with van der Waals surface area (Å²) in [5.41, 5.74) is 1.63. The van der Waals surface area contributed by atoms with Crippen molar-refractivity contribution >= 4 is 23.4 Å². The van der Waals surface area contributed by atoms with Crippen LogP contribution in [0.1, 0.15) is 132 Å². The van der Waals surface area contributed by atoms with Gasteiger partial charge in [0.1, 0.15) is 24.4 Å². The van der Waals surface area contributed by atoms with E-state index in [2.05, 4.69) is 19.2 Å². The number of aliphatic hydroxyl groups is 3. The van der Waals surface area contributed by atoms with E-state index in [1.54, 1.807) is 21.0 Å². The molecule has 1 saturated carbocycles. The topological polar surface area (TPSA) is 181 Å². The first-order valence-electron chi connectivity index (χ1n) is 24.1. The summed E-state index contributed by atoms with van der Waals surface area (Å²) in [4.78, 5) is 57.8. The summed E-state index contributed by atoms with van der Waals surface area (Å²) in [5.74, 6) is -5.95. The third-order valence-electron chi connectivity index (χ3n) is 14.6. The van der Waals surface area contributed by atoms with E-state index in [1.165, 1.54) is 12.0 Å². The highest BCUT2D eigenvalue weighted by Gasteiger charge is 2.53. The molecule has 1 aliphatic carbocycles. The van der Waals surface area contributed by atoms with Gasteiger partial charge in [-0.25, -0.2) is 4.79 Å². The Labute approximate surface area is 383 Å². The van der Waals surface area contributed by atoms with Gasteiger partial charge in [0.2, 0.25) is 5.79 Å². The number of carbonyl (C=O) groups excluding carboxylic acids is 4. The third-order valence-corrected chi connectivity index (χ3v) is 14.6. The predicted octanol–water partition coefficient (Wildman–Crippen LogP) is 6.57. The minimum Gasteiger partial charge on any atom is -0.461 e. The smallest absolute Gasteiger partial charge is 0.329 e. The van der Waals surface area contributed by atoms with Gasteiger partial charge in [-0.2, -0.15) is 0 Å². The van der Waals surface area contributed by atoms with Crippen molar-refractivity contribution in [1.29, 1.82) is 0 Å². The minimum absolute atomic E-state index is 0.0699. The van der Waals surface area contributed by atoms with E-state index >= 15 is 0 Å². The quantitative estimate of drug-likeness (QED) is 0.128. The zero-order valence-corrected chi connectivity index (χ0v) is 40.5. The van der Waals surface area contributed by atoms with Crippen molar-refractivity contribution in [3.8, 4) is 0 Å². The monoisotopic (exact) mass is 899 g/mol. The maximum absolute atomic E-state index is 14.4. The van der Waals surface area contributed by atoms with Crippen molar-refractivity contribution in [2.24, 2.45) is 35.5 Å². The largest absolute Gasteiger partial charge is 0.461 e. The molecule has 64 heavy (non-hydrogen) atoms. The van der Waals surface area contributed by atoms with Crippen molar-refractivity contribution in [3.05, 3.63) is 47.6 Å². The number of nitrogens with zero attached hydrogens (tertiary/aromatic N) is 1. The first-order chi connectivity index (χ1) is 30.3. The van der Waals surface area contributed by atoms with Gasteiger partial charge in [-0.1, -0.05) is 76.6 Å². The van der Waals surface area contributed by atoms with E-state index in [0.717, 1.165) is 18.4 Å². The van der Waals surface area contributed by atoms with Crippen molar-refractivity contribution < 1.29 is 53.4 Å². The highest BCUT2D eigenvalue weighted by atomic mass is 16.6. The first-order valence-corrected chi connectivity index (χ1v) is 24.1. The SMILES string of the molecule is CN[C@@H]1C[C@@H]2CC[C@@H](C)[C@@](O)(O2)C(=O)C(=O)N2CCCC[C@H]2C(=O)O[C@H]([C@H](C)C[C@@H]2CC[C@@H](O)[C@H](OC)C2)CC[C@H](C)/C=C(\C)[C@@H](O)[C@@H](OC)C(=O)[C@H](C)C[C@H](C)/C=C/C=C/C=C/1C. The van der Waals surface area contributed by atoms with E-state index in [9.17, 15) is 34.5 Å². The molecule has 4 aliphatic rings. The number of ether oxygens (including phenoxy) is 4. The molecule has 0 aromatic rings.